The lowest BCUT2D eigenvalue weighted by Gasteiger charge is -2.29. The van der Waals surface area contributed by atoms with Crippen molar-refractivity contribution in [2.45, 2.75) is 47.1 Å². The zero-order chi connectivity index (χ0) is 14.4. The number of nitrogens with zero attached hydrogens (tertiary/aromatic N) is 1. The fourth-order valence-electron chi connectivity index (χ4n) is 2.41. The molecule has 0 radical (unpaired) electrons. The van der Waals surface area contributed by atoms with Gasteiger partial charge in [-0.1, -0.05) is 26.8 Å². The van der Waals surface area contributed by atoms with Gasteiger partial charge in [-0.3, -0.25) is 0 Å². The Bertz CT molecular complexity index is 365. The molecule has 0 aliphatic heterocycles. The summed E-state index contributed by atoms with van der Waals surface area (Å²) in [7, 11) is 2.19. The molecule has 0 amide bonds. The van der Waals surface area contributed by atoms with E-state index < -0.39 is 0 Å². The lowest BCUT2D eigenvalue weighted by atomic mass is 10.0. The molecule has 2 nitrogen and oxygen atoms in total. The van der Waals surface area contributed by atoms with Crippen LogP contribution in [0.1, 0.15) is 38.3 Å². The number of likely N-dealkylation sites (N-methyl/N-ethyl adjacent to an activating group) is 1. The predicted molar refractivity (Wildman–Crippen MR) is 86.1 cm³/mol. The van der Waals surface area contributed by atoms with Crippen LogP contribution in [0.25, 0.3) is 0 Å². The van der Waals surface area contributed by atoms with Crippen LogP contribution in [-0.2, 0) is 0 Å². The fraction of sp³-hybridized carbons (Fsp3) is 0.647. The third-order valence-electron chi connectivity index (χ3n) is 3.58. The maximum absolute atomic E-state index is 3.66. The summed E-state index contributed by atoms with van der Waals surface area (Å²) in [6, 6.07) is 7.31. The SMILES string of the molecule is CCCNC(CN(C)c1cc(C)cc(C)c1)C(C)C. The van der Waals surface area contributed by atoms with Crippen molar-refractivity contribution >= 4 is 5.69 Å². The number of aryl methyl sites for hydroxylation is 2. The van der Waals surface area contributed by atoms with Crippen molar-refractivity contribution in [3.05, 3.63) is 29.3 Å². The Labute approximate surface area is 119 Å². The van der Waals surface area contributed by atoms with Crippen molar-refractivity contribution in [3.8, 4) is 0 Å². The van der Waals surface area contributed by atoms with Crippen LogP contribution in [0.5, 0.6) is 0 Å². The zero-order valence-corrected chi connectivity index (χ0v) is 13.5. The minimum atomic E-state index is 0.547. The van der Waals surface area contributed by atoms with E-state index in [1.54, 1.807) is 0 Å². The summed E-state index contributed by atoms with van der Waals surface area (Å²) in [5.74, 6) is 0.653. The van der Waals surface area contributed by atoms with Crippen LogP contribution in [0.2, 0.25) is 0 Å². The van der Waals surface area contributed by atoms with Crippen molar-refractivity contribution < 1.29 is 0 Å². The molecule has 1 unspecified atom stereocenters. The van der Waals surface area contributed by atoms with Gasteiger partial charge >= 0.3 is 0 Å². The topological polar surface area (TPSA) is 15.3 Å². The molecule has 0 heterocycles. The molecular weight excluding hydrogens is 232 g/mol. The summed E-state index contributed by atoms with van der Waals surface area (Å²) in [6.45, 7) is 13.3. The minimum Gasteiger partial charge on any atom is -0.373 e. The van der Waals surface area contributed by atoms with E-state index in [4.69, 9.17) is 0 Å². The van der Waals surface area contributed by atoms with Crippen molar-refractivity contribution in [2.24, 2.45) is 5.92 Å². The highest BCUT2D eigenvalue weighted by Gasteiger charge is 2.15. The molecule has 0 saturated carbocycles. The molecule has 0 aliphatic carbocycles. The van der Waals surface area contributed by atoms with E-state index in [2.05, 4.69) is 70.1 Å². The van der Waals surface area contributed by atoms with Crippen LogP contribution >= 0.6 is 0 Å². The largest absolute Gasteiger partial charge is 0.373 e. The standard InChI is InChI=1S/C17H30N2/c1-7-8-18-17(13(2)3)12-19(6)16-10-14(4)9-15(5)11-16/h9-11,13,17-18H,7-8,12H2,1-6H3. The highest BCUT2D eigenvalue weighted by Crippen LogP contribution is 2.18. The molecule has 0 aromatic heterocycles. The molecule has 1 aromatic rings. The number of rotatable bonds is 7. The average molecular weight is 262 g/mol. The fourth-order valence-corrected chi connectivity index (χ4v) is 2.41. The van der Waals surface area contributed by atoms with Gasteiger partial charge in [0, 0.05) is 25.3 Å². The van der Waals surface area contributed by atoms with E-state index in [-0.39, 0.29) is 0 Å². The third kappa shape index (κ3) is 5.23. The van der Waals surface area contributed by atoms with Gasteiger partial charge in [0.2, 0.25) is 0 Å². The molecule has 0 spiro atoms. The monoisotopic (exact) mass is 262 g/mol. The van der Waals surface area contributed by atoms with Gasteiger partial charge in [-0.05, 0) is 56.0 Å². The molecule has 108 valence electrons. The molecule has 0 bridgehead atoms. The number of anilines is 1. The van der Waals surface area contributed by atoms with Crippen molar-refractivity contribution in [3.63, 3.8) is 0 Å². The number of benzene rings is 1. The van der Waals surface area contributed by atoms with Gasteiger partial charge in [-0.2, -0.15) is 0 Å². The first-order valence-electron chi connectivity index (χ1n) is 7.46. The Morgan fingerprint density at radius 1 is 1.11 bits per heavy atom. The first kappa shape index (κ1) is 16.0. The van der Waals surface area contributed by atoms with Crippen molar-refractivity contribution in [2.75, 3.05) is 25.0 Å². The molecule has 1 atom stereocenters. The number of hydrogen-bond donors (Lipinski definition) is 1. The van der Waals surface area contributed by atoms with Crippen LogP contribution in [0.4, 0.5) is 5.69 Å². The van der Waals surface area contributed by atoms with Gasteiger partial charge in [0.05, 0.1) is 0 Å². The highest BCUT2D eigenvalue weighted by molar-refractivity contribution is 5.50. The molecule has 1 rings (SSSR count). The van der Waals surface area contributed by atoms with Gasteiger partial charge in [-0.15, -0.1) is 0 Å². The molecule has 0 fully saturated rings. The van der Waals surface area contributed by atoms with E-state index in [1.807, 2.05) is 0 Å². The Morgan fingerprint density at radius 3 is 2.16 bits per heavy atom. The van der Waals surface area contributed by atoms with Gasteiger partial charge in [-0.25, -0.2) is 0 Å². The quantitative estimate of drug-likeness (QED) is 0.805. The smallest absolute Gasteiger partial charge is 0.0369 e. The lowest BCUT2D eigenvalue weighted by molar-refractivity contribution is 0.402. The van der Waals surface area contributed by atoms with Crippen LogP contribution in [-0.4, -0.2) is 26.2 Å². The molecule has 1 N–H and O–H groups in total. The summed E-state index contributed by atoms with van der Waals surface area (Å²) in [6.07, 6.45) is 1.19. The molecule has 2 heteroatoms. The Hall–Kier alpha value is -1.02. The third-order valence-corrected chi connectivity index (χ3v) is 3.58. The molecule has 1 aromatic carbocycles. The van der Waals surface area contributed by atoms with E-state index >= 15 is 0 Å². The zero-order valence-electron chi connectivity index (χ0n) is 13.5. The van der Waals surface area contributed by atoms with Crippen molar-refractivity contribution in [1.29, 1.82) is 0 Å². The Kier molecular flexibility index (Phi) is 6.36. The molecule has 0 aliphatic rings. The first-order valence-corrected chi connectivity index (χ1v) is 7.46. The molecular formula is C17H30N2. The maximum atomic E-state index is 3.66. The van der Waals surface area contributed by atoms with Crippen LogP contribution in [0, 0.1) is 19.8 Å². The summed E-state index contributed by atoms with van der Waals surface area (Å²) < 4.78 is 0. The second-order valence-corrected chi connectivity index (χ2v) is 6.03. The van der Waals surface area contributed by atoms with Gasteiger partial charge in [0.15, 0.2) is 0 Å². The molecule has 0 saturated heterocycles. The number of hydrogen-bond acceptors (Lipinski definition) is 2. The van der Waals surface area contributed by atoms with Gasteiger partial charge in [0.1, 0.15) is 0 Å². The highest BCUT2D eigenvalue weighted by atomic mass is 15.1. The minimum absolute atomic E-state index is 0.547. The maximum Gasteiger partial charge on any atom is 0.0369 e. The predicted octanol–water partition coefficient (Wildman–Crippen LogP) is 3.76. The Balaban J connectivity index is 2.72. The van der Waals surface area contributed by atoms with Crippen LogP contribution < -0.4 is 10.2 Å². The van der Waals surface area contributed by atoms with Crippen molar-refractivity contribution in [1.82, 2.24) is 5.32 Å². The summed E-state index contributed by atoms with van der Waals surface area (Å²) >= 11 is 0. The first-order chi connectivity index (χ1) is 8.93. The molecule has 19 heavy (non-hydrogen) atoms. The van der Waals surface area contributed by atoms with Gasteiger partial charge in [0.25, 0.3) is 0 Å². The van der Waals surface area contributed by atoms with E-state index in [1.165, 1.54) is 23.2 Å². The lowest BCUT2D eigenvalue weighted by Crippen LogP contribution is -2.43. The second-order valence-electron chi connectivity index (χ2n) is 6.03. The van der Waals surface area contributed by atoms with Gasteiger partial charge < -0.3 is 10.2 Å². The van der Waals surface area contributed by atoms with E-state index in [0.29, 0.717) is 12.0 Å². The summed E-state index contributed by atoms with van der Waals surface area (Å²) in [5, 5.41) is 3.66. The van der Waals surface area contributed by atoms with Crippen LogP contribution in [0.3, 0.4) is 0 Å². The summed E-state index contributed by atoms with van der Waals surface area (Å²) in [4.78, 5) is 2.37. The van der Waals surface area contributed by atoms with E-state index in [0.717, 1.165) is 13.1 Å². The normalized spacial score (nSPS) is 12.8. The Morgan fingerprint density at radius 2 is 1.68 bits per heavy atom. The average Bonchev–Trinajstić information content (AvgIpc) is 2.32. The summed E-state index contributed by atoms with van der Waals surface area (Å²) in [5.41, 5.74) is 4.00. The van der Waals surface area contributed by atoms with Crippen LogP contribution in [0.15, 0.2) is 18.2 Å². The second kappa shape index (κ2) is 7.54. The number of nitrogens with one attached hydrogen (secondary N) is 1. The van der Waals surface area contributed by atoms with E-state index in [9.17, 15) is 0 Å².